The summed E-state index contributed by atoms with van der Waals surface area (Å²) in [5.74, 6) is 0.433. The molecular formula is C28H30N4O. The topological polar surface area (TPSA) is 57.6 Å². The van der Waals surface area contributed by atoms with Gasteiger partial charge in [0.1, 0.15) is 5.82 Å². The van der Waals surface area contributed by atoms with Crippen LogP contribution in [0.25, 0.3) is 16.3 Å². The molecule has 3 aromatic rings. The van der Waals surface area contributed by atoms with E-state index < -0.39 is 0 Å². The fourth-order valence-electron chi connectivity index (χ4n) is 4.63. The number of amides is 1. The Morgan fingerprint density at radius 1 is 1.06 bits per heavy atom. The van der Waals surface area contributed by atoms with Gasteiger partial charge in [0.05, 0.1) is 6.04 Å². The number of fused-ring (bicyclic) bond motifs is 1. The van der Waals surface area contributed by atoms with Gasteiger partial charge in [-0.1, -0.05) is 30.7 Å². The van der Waals surface area contributed by atoms with Crippen LogP contribution < -0.4 is 5.32 Å². The van der Waals surface area contributed by atoms with Crippen molar-refractivity contribution in [1.82, 2.24) is 9.88 Å². The molecule has 5 nitrogen and oxygen atoms in total. The number of nitrogens with one attached hydrogen (secondary N) is 1. The lowest BCUT2D eigenvalue weighted by Crippen LogP contribution is -2.29. The van der Waals surface area contributed by atoms with E-state index in [-0.39, 0.29) is 11.9 Å². The number of aliphatic imine (C=N–C) groups is 1. The number of carbonyl (C=O) groups excluding carboxylic acids is 1. The molecular weight excluding hydrogens is 408 g/mol. The quantitative estimate of drug-likeness (QED) is 0.561. The molecule has 1 fully saturated rings. The molecule has 0 radical (unpaired) electrons. The normalized spacial score (nSPS) is 18.5. The fraction of sp³-hybridized carbons (Fsp3) is 0.321. The SMILES string of the molecule is Cc1ccc(C(=O)Nc2cc3cc(C4=CC(C)N=C4)ccc3cn2)cc1CN1CCCCC1. The van der Waals surface area contributed by atoms with E-state index in [0.29, 0.717) is 11.4 Å². The first-order valence-electron chi connectivity index (χ1n) is 11.8. The molecule has 33 heavy (non-hydrogen) atoms. The molecule has 5 rings (SSSR count). The molecule has 1 N–H and O–H groups in total. The van der Waals surface area contributed by atoms with Crippen molar-refractivity contribution in [3.05, 3.63) is 77.0 Å². The van der Waals surface area contributed by atoms with Crippen molar-refractivity contribution in [1.29, 1.82) is 0 Å². The summed E-state index contributed by atoms with van der Waals surface area (Å²) in [6.45, 7) is 7.38. The second kappa shape index (κ2) is 9.28. The highest BCUT2D eigenvalue weighted by Gasteiger charge is 2.15. The molecule has 0 saturated carbocycles. The lowest BCUT2D eigenvalue weighted by atomic mass is 10.0. The van der Waals surface area contributed by atoms with Gasteiger partial charge >= 0.3 is 0 Å². The van der Waals surface area contributed by atoms with Crippen molar-refractivity contribution in [3.63, 3.8) is 0 Å². The highest BCUT2D eigenvalue weighted by molar-refractivity contribution is 6.12. The third-order valence-electron chi connectivity index (χ3n) is 6.62. The van der Waals surface area contributed by atoms with Crippen LogP contribution in [0, 0.1) is 6.92 Å². The van der Waals surface area contributed by atoms with Crippen LogP contribution in [-0.4, -0.2) is 41.1 Å². The maximum Gasteiger partial charge on any atom is 0.256 e. The van der Waals surface area contributed by atoms with Gasteiger partial charge in [0.25, 0.3) is 5.91 Å². The first-order valence-corrected chi connectivity index (χ1v) is 11.8. The van der Waals surface area contributed by atoms with Crippen molar-refractivity contribution >= 4 is 34.3 Å². The maximum absolute atomic E-state index is 13.0. The Kier molecular flexibility index (Phi) is 6.05. The molecule has 2 aromatic carbocycles. The van der Waals surface area contributed by atoms with Crippen molar-refractivity contribution in [2.45, 2.75) is 45.7 Å². The monoisotopic (exact) mass is 438 g/mol. The molecule has 1 aromatic heterocycles. The predicted octanol–water partition coefficient (Wildman–Crippen LogP) is 5.64. The molecule has 2 aliphatic rings. The van der Waals surface area contributed by atoms with Crippen molar-refractivity contribution in [3.8, 4) is 0 Å². The third kappa shape index (κ3) is 4.88. The number of pyridine rings is 1. The Balaban J connectivity index is 1.34. The van der Waals surface area contributed by atoms with E-state index in [2.05, 4.69) is 58.3 Å². The number of likely N-dealkylation sites (tertiary alicyclic amines) is 1. The van der Waals surface area contributed by atoms with Gasteiger partial charge < -0.3 is 5.32 Å². The van der Waals surface area contributed by atoms with Crippen molar-refractivity contribution in [2.75, 3.05) is 18.4 Å². The molecule has 2 aliphatic heterocycles. The summed E-state index contributed by atoms with van der Waals surface area (Å²) < 4.78 is 0. The Morgan fingerprint density at radius 2 is 1.91 bits per heavy atom. The van der Waals surface area contributed by atoms with Crippen molar-refractivity contribution < 1.29 is 4.79 Å². The average molecular weight is 439 g/mol. The number of hydrogen-bond acceptors (Lipinski definition) is 4. The average Bonchev–Trinajstić information content (AvgIpc) is 3.27. The number of rotatable bonds is 5. The van der Waals surface area contributed by atoms with Crippen LogP contribution in [0.5, 0.6) is 0 Å². The summed E-state index contributed by atoms with van der Waals surface area (Å²) in [6, 6.07) is 14.4. The van der Waals surface area contributed by atoms with Gasteiger partial charge in [0.15, 0.2) is 0 Å². The highest BCUT2D eigenvalue weighted by atomic mass is 16.1. The summed E-state index contributed by atoms with van der Waals surface area (Å²) in [5, 5.41) is 5.08. The maximum atomic E-state index is 13.0. The molecule has 168 valence electrons. The second-order valence-corrected chi connectivity index (χ2v) is 9.20. The van der Waals surface area contributed by atoms with Crippen molar-refractivity contribution in [2.24, 2.45) is 4.99 Å². The minimum Gasteiger partial charge on any atom is -0.307 e. The zero-order chi connectivity index (χ0) is 22.8. The number of nitrogens with zero attached hydrogens (tertiary/aromatic N) is 3. The minimum atomic E-state index is -0.127. The van der Waals surface area contributed by atoms with Crippen LogP contribution in [0.1, 0.15) is 53.2 Å². The van der Waals surface area contributed by atoms with E-state index in [1.807, 2.05) is 36.7 Å². The lowest BCUT2D eigenvalue weighted by molar-refractivity contribution is 0.102. The molecule has 0 bridgehead atoms. The largest absolute Gasteiger partial charge is 0.307 e. The summed E-state index contributed by atoms with van der Waals surface area (Å²) in [4.78, 5) is 24.4. The number of aryl methyl sites for hydroxylation is 1. The van der Waals surface area contributed by atoms with E-state index in [9.17, 15) is 4.79 Å². The standard InChI is InChI=1S/C28H30N4O/c1-19-6-7-22(14-26(19)18-32-10-4-3-5-11-32)28(33)31-27-15-24-13-21(8-9-23(24)16-30-27)25-12-20(2)29-17-25/h6-9,12-17,20H,3-5,10-11,18H2,1-2H3,(H,30,31,33). The second-order valence-electron chi connectivity index (χ2n) is 9.20. The van der Waals surface area contributed by atoms with E-state index >= 15 is 0 Å². The smallest absolute Gasteiger partial charge is 0.256 e. The molecule has 1 atom stereocenters. The molecule has 1 saturated heterocycles. The predicted molar refractivity (Wildman–Crippen MR) is 136 cm³/mol. The Hall–Kier alpha value is -3.31. The van der Waals surface area contributed by atoms with Crippen LogP contribution >= 0.6 is 0 Å². The van der Waals surface area contributed by atoms with Crippen LogP contribution in [-0.2, 0) is 6.54 Å². The molecule has 3 heterocycles. The number of piperidine rings is 1. The van der Waals surface area contributed by atoms with Gasteiger partial charge in [-0.3, -0.25) is 14.7 Å². The van der Waals surface area contributed by atoms with Crippen LogP contribution in [0.15, 0.2) is 59.7 Å². The Morgan fingerprint density at radius 3 is 2.70 bits per heavy atom. The van der Waals surface area contributed by atoms with Gasteiger partial charge in [0, 0.05) is 29.9 Å². The molecule has 0 aliphatic carbocycles. The third-order valence-corrected chi connectivity index (χ3v) is 6.62. The number of aromatic nitrogens is 1. The minimum absolute atomic E-state index is 0.127. The van der Waals surface area contributed by atoms with E-state index in [1.54, 1.807) is 0 Å². The van der Waals surface area contributed by atoms with Crippen LogP contribution in [0.4, 0.5) is 5.82 Å². The van der Waals surface area contributed by atoms with Crippen LogP contribution in [0.3, 0.4) is 0 Å². The number of benzene rings is 2. The number of carbonyl (C=O) groups is 1. The van der Waals surface area contributed by atoms with Gasteiger partial charge in [-0.25, -0.2) is 4.98 Å². The number of allylic oxidation sites excluding steroid dienone is 1. The van der Waals surface area contributed by atoms with E-state index in [4.69, 9.17) is 0 Å². The first-order chi connectivity index (χ1) is 16.0. The zero-order valence-electron chi connectivity index (χ0n) is 19.3. The fourth-order valence-corrected chi connectivity index (χ4v) is 4.63. The number of anilines is 1. The summed E-state index contributed by atoms with van der Waals surface area (Å²) in [6.07, 6.45) is 9.74. The molecule has 5 heteroatoms. The summed E-state index contributed by atoms with van der Waals surface area (Å²) in [7, 11) is 0. The van der Waals surface area contributed by atoms with Gasteiger partial charge in [0.2, 0.25) is 0 Å². The summed E-state index contributed by atoms with van der Waals surface area (Å²) >= 11 is 0. The molecule has 1 unspecified atom stereocenters. The first kappa shape index (κ1) is 21.5. The van der Waals surface area contributed by atoms with E-state index in [0.717, 1.165) is 41.5 Å². The van der Waals surface area contributed by atoms with Gasteiger partial charge in [-0.05, 0) is 91.7 Å². The summed E-state index contributed by atoms with van der Waals surface area (Å²) in [5.41, 5.74) is 5.38. The van der Waals surface area contributed by atoms with Crippen LogP contribution in [0.2, 0.25) is 0 Å². The highest BCUT2D eigenvalue weighted by Crippen LogP contribution is 2.25. The number of hydrogen-bond donors (Lipinski definition) is 1. The Labute approximate surface area is 195 Å². The van der Waals surface area contributed by atoms with Gasteiger partial charge in [-0.15, -0.1) is 0 Å². The van der Waals surface area contributed by atoms with Gasteiger partial charge in [-0.2, -0.15) is 0 Å². The molecule has 0 spiro atoms. The Bertz CT molecular complexity index is 1250. The zero-order valence-corrected chi connectivity index (χ0v) is 19.3. The van der Waals surface area contributed by atoms with E-state index in [1.165, 1.54) is 30.4 Å². The lowest BCUT2D eigenvalue weighted by Gasteiger charge is -2.27. The molecule has 1 amide bonds.